The van der Waals surface area contributed by atoms with Gasteiger partial charge >= 0.3 is 5.97 Å². The number of aliphatic hydroxyl groups excluding tert-OH is 1. The number of methoxy groups -OCH3 is 1. The number of carboxylic acid groups (broad SMARTS) is 1. The summed E-state index contributed by atoms with van der Waals surface area (Å²) in [6.45, 7) is 0.0161. The summed E-state index contributed by atoms with van der Waals surface area (Å²) in [6.07, 6.45) is 2.82. The SMILES string of the molecule is COc1cc(C2C(C(=O)C=Cc3ccccc3)=C(O)C(=O)N2CCCC(=O)O)ccc1O. The van der Waals surface area contributed by atoms with Crippen molar-refractivity contribution in [2.75, 3.05) is 13.7 Å². The first-order chi connectivity index (χ1) is 15.3. The number of phenolic OH excluding ortho intramolecular Hbond substituents is 1. The molecule has 8 heteroatoms. The van der Waals surface area contributed by atoms with Crippen molar-refractivity contribution in [3.05, 3.63) is 77.1 Å². The van der Waals surface area contributed by atoms with E-state index in [1.807, 2.05) is 18.2 Å². The van der Waals surface area contributed by atoms with Crippen LogP contribution in [0.3, 0.4) is 0 Å². The van der Waals surface area contributed by atoms with Gasteiger partial charge in [-0.05, 0) is 35.8 Å². The molecule has 2 aromatic rings. The van der Waals surface area contributed by atoms with E-state index in [2.05, 4.69) is 0 Å². The van der Waals surface area contributed by atoms with Gasteiger partial charge in [0, 0.05) is 13.0 Å². The fraction of sp³-hybridized carbons (Fsp3) is 0.208. The highest BCUT2D eigenvalue weighted by Gasteiger charge is 2.42. The van der Waals surface area contributed by atoms with Gasteiger partial charge in [-0.1, -0.05) is 42.5 Å². The van der Waals surface area contributed by atoms with Crippen LogP contribution in [0.4, 0.5) is 0 Å². The second kappa shape index (κ2) is 9.82. The number of nitrogens with zero attached hydrogens (tertiary/aromatic N) is 1. The molecular formula is C24H23NO7. The molecule has 0 saturated carbocycles. The number of phenols is 1. The summed E-state index contributed by atoms with van der Waals surface area (Å²) in [5.74, 6) is -3.00. The highest BCUT2D eigenvalue weighted by molar-refractivity contribution is 6.14. The first-order valence-electron chi connectivity index (χ1n) is 9.93. The Morgan fingerprint density at radius 3 is 2.50 bits per heavy atom. The fourth-order valence-corrected chi connectivity index (χ4v) is 3.57. The summed E-state index contributed by atoms with van der Waals surface area (Å²) in [5, 5.41) is 29.4. The number of rotatable bonds is 9. The molecule has 0 aromatic heterocycles. The largest absolute Gasteiger partial charge is 0.504 e. The van der Waals surface area contributed by atoms with Crippen molar-refractivity contribution in [1.29, 1.82) is 0 Å². The predicted molar refractivity (Wildman–Crippen MR) is 116 cm³/mol. The minimum atomic E-state index is -1.02. The van der Waals surface area contributed by atoms with Gasteiger partial charge in [-0.25, -0.2) is 0 Å². The molecule has 166 valence electrons. The number of hydrogen-bond donors (Lipinski definition) is 3. The molecule has 0 bridgehead atoms. The van der Waals surface area contributed by atoms with Crippen molar-refractivity contribution in [2.45, 2.75) is 18.9 Å². The maximum atomic E-state index is 13.0. The zero-order valence-electron chi connectivity index (χ0n) is 17.4. The number of amides is 1. The summed E-state index contributed by atoms with van der Waals surface area (Å²) >= 11 is 0. The third kappa shape index (κ3) is 4.80. The Labute approximate surface area is 184 Å². The van der Waals surface area contributed by atoms with E-state index in [1.54, 1.807) is 18.2 Å². The van der Waals surface area contributed by atoms with Crippen LogP contribution >= 0.6 is 0 Å². The lowest BCUT2D eigenvalue weighted by molar-refractivity contribution is -0.138. The molecule has 8 nitrogen and oxygen atoms in total. The number of hydrogen-bond acceptors (Lipinski definition) is 6. The van der Waals surface area contributed by atoms with Gasteiger partial charge in [0.05, 0.1) is 18.7 Å². The van der Waals surface area contributed by atoms with E-state index in [4.69, 9.17) is 9.84 Å². The van der Waals surface area contributed by atoms with Gasteiger partial charge in [-0.15, -0.1) is 0 Å². The van der Waals surface area contributed by atoms with Gasteiger partial charge < -0.3 is 25.0 Å². The molecule has 1 heterocycles. The van der Waals surface area contributed by atoms with Crippen molar-refractivity contribution >= 4 is 23.7 Å². The van der Waals surface area contributed by atoms with Crippen LogP contribution in [-0.2, 0) is 14.4 Å². The monoisotopic (exact) mass is 437 g/mol. The molecule has 3 N–H and O–H groups in total. The van der Waals surface area contributed by atoms with Crippen LogP contribution in [0.15, 0.2) is 65.9 Å². The number of aromatic hydroxyl groups is 1. The van der Waals surface area contributed by atoms with Gasteiger partial charge in [-0.3, -0.25) is 14.4 Å². The summed E-state index contributed by atoms with van der Waals surface area (Å²) in [7, 11) is 1.37. The van der Waals surface area contributed by atoms with E-state index in [0.717, 1.165) is 5.56 Å². The second-order valence-corrected chi connectivity index (χ2v) is 7.20. The molecular weight excluding hydrogens is 414 g/mol. The molecule has 32 heavy (non-hydrogen) atoms. The summed E-state index contributed by atoms with van der Waals surface area (Å²) in [5.41, 5.74) is 1.08. The van der Waals surface area contributed by atoms with Crippen LogP contribution in [0.2, 0.25) is 0 Å². The number of ether oxygens (including phenoxy) is 1. The van der Waals surface area contributed by atoms with Crippen LogP contribution < -0.4 is 4.74 Å². The molecule has 1 unspecified atom stereocenters. The lowest BCUT2D eigenvalue weighted by atomic mass is 9.95. The van der Waals surface area contributed by atoms with Crippen LogP contribution in [0, 0.1) is 0 Å². The summed E-state index contributed by atoms with van der Waals surface area (Å²) < 4.78 is 5.14. The number of carbonyl (C=O) groups excluding carboxylic acids is 2. The molecule has 0 saturated heterocycles. The number of allylic oxidation sites excluding steroid dienone is 1. The van der Waals surface area contributed by atoms with Gasteiger partial charge in [-0.2, -0.15) is 0 Å². The lowest BCUT2D eigenvalue weighted by Gasteiger charge is -2.26. The highest BCUT2D eigenvalue weighted by Crippen LogP contribution is 2.40. The molecule has 0 aliphatic carbocycles. The van der Waals surface area contributed by atoms with E-state index < -0.39 is 29.5 Å². The quantitative estimate of drug-likeness (QED) is 0.514. The Balaban J connectivity index is 2.00. The summed E-state index contributed by atoms with van der Waals surface area (Å²) in [6, 6.07) is 12.5. The van der Waals surface area contributed by atoms with Crippen molar-refractivity contribution < 1.29 is 34.4 Å². The van der Waals surface area contributed by atoms with Crippen LogP contribution in [-0.4, -0.2) is 51.5 Å². The third-order valence-corrected chi connectivity index (χ3v) is 5.11. The topological polar surface area (TPSA) is 124 Å². The minimum absolute atomic E-state index is 0.0161. The number of carbonyl (C=O) groups is 3. The number of aliphatic carboxylic acids is 1. The Morgan fingerprint density at radius 1 is 1.12 bits per heavy atom. The van der Waals surface area contributed by atoms with Crippen molar-refractivity contribution in [2.24, 2.45) is 0 Å². The molecule has 2 aromatic carbocycles. The first kappa shape index (κ1) is 22.6. The molecule has 1 amide bonds. The number of aliphatic hydroxyl groups is 1. The van der Waals surface area contributed by atoms with E-state index >= 15 is 0 Å². The van der Waals surface area contributed by atoms with Gasteiger partial charge in [0.2, 0.25) is 0 Å². The third-order valence-electron chi connectivity index (χ3n) is 5.11. The van der Waals surface area contributed by atoms with Gasteiger partial charge in [0.25, 0.3) is 5.91 Å². The van der Waals surface area contributed by atoms with E-state index in [9.17, 15) is 24.6 Å². The fourth-order valence-electron chi connectivity index (χ4n) is 3.57. The Hall–Kier alpha value is -4.07. The van der Waals surface area contributed by atoms with E-state index in [0.29, 0.717) is 5.56 Å². The first-order valence-corrected chi connectivity index (χ1v) is 9.93. The normalized spacial score (nSPS) is 16.1. The second-order valence-electron chi connectivity index (χ2n) is 7.20. The molecule has 1 aliphatic heterocycles. The molecule has 3 rings (SSSR count). The van der Waals surface area contributed by atoms with Crippen molar-refractivity contribution in [3.8, 4) is 11.5 Å². The minimum Gasteiger partial charge on any atom is -0.504 e. The standard InChI is InChI=1S/C24H23NO7/c1-32-19-14-16(10-12-17(19)26)22-21(18(27)11-9-15-6-3-2-4-7-15)23(30)24(31)25(22)13-5-8-20(28)29/h2-4,6-7,9-12,14,22,26,30H,5,8,13H2,1H3,(H,28,29). The highest BCUT2D eigenvalue weighted by atomic mass is 16.5. The van der Waals surface area contributed by atoms with Crippen LogP contribution in [0.1, 0.15) is 30.0 Å². The number of ketones is 1. The maximum Gasteiger partial charge on any atom is 0.303 e. The molecule has 1 atom stereocenters. The maximum absolute atomic E-state index is 13.0. The van der Waals surface area contributed by atoms with Crippen LogP contribution in [0.25, 0.3) is 6.08 Å². The van der Waals surface area contributed by atoms with Crippen molar-refractivity contribution in [3.63, 3.8) is 0 Å². The zero-order chi connectivity index (χ0) is 23.3. The van der Waals surface area contributed by atoms with E-state index in [-0.39, 0.29) is 36.5 Å². The smallest absolute Gasteiger partial charge is 0.303 e. The Morgan fingerprint density at radius 2 is 1.84 bits per heavy atom. The zero-order valence-corrected chi connectivity index (χ0v) is 17.4. The van der Waals surface area contributed by atoms with Crippen LogP contribution in [0.5, 0.6) is 11.5 Å². The van der Waals surface area contributed by atoms with Gasteiger partial charge in [0.1, 0.15) is 0 Å². The molecule has 0 spiro atoms. The predicted octanol–water partition coefficient (Wildman–Crippen LogP) is 3.24. The Bertz CT molecular complexity index is 1090. The summed E-state index contributed by atoms with van der Waals surface area (Å²) in [4.78, 5) is 38.0. The molecule has 0 radical (unpaired) electrons. The molecule has 1 aliphatic rings. The average Bonchev–Trinajstić information content (AvgIpc) is 3.03. The van der Waals surface area contributed by atoms with Gasteiger partial charge in [0.15, 0.2) is 23.0 Å². The average molecular weight is 437 g/mol. The lowest BCUT2D eigenvalue weighted by Crippen LogP contribution is -2.32. The van der Waals surface area contributed by atoms with Crippen molar-refractivity contribution in [1.82, 2.24) is 4.90 Å². The molecule has 0 fully saturated rings. The van der Waals surface area contributed by atoms with E-state index in [1.165, 1.54) is 36.3 Å². The number of benzene rings is 2. The Kier molecular flexibility index (Phi) is 6.94. The number of carboxylic acids is 1.